The van der Waals surface area contributed by atoms with Crippen molar-refractivity contribution in [3.63, 3.8) is 0 Å². The number of piperidine rings is 1. The Morgan fingerprint density at radius 3 is 2.90 bits per heavy atom. The number of non-ortho nitro benzene ring substituents is 1. The summed E-state index contributed by atoms with van der Waals surface area (Å²) in [5, 5.41) is 14.4. The van der Waals surface area contributed by atoms with Crippen LogP contribution in [0, 0.1) is 10.1 Å². The van der Waals surface area contributed by atoms with Gasteiger partial charge in [-0.05, 0) is 32.4 Å². The van der Waals surface area contributed by atoms with Gasteiger partial charge < -0.3 is 9.74 Å². The van der Waals surface area contributed by atoms with Crippen molar-refractivity contribution in [1.29, 1.82) is 0 Å². The van der Waals surface area contributed by atoms with Crippen LogP contribution in [-0.4, -0.2) is 42.3 Å². The summed E-state index contributed by atoms with van der Waals surface area (Å²) in [6.07, 6.45) is 7.52. The van der Waals surface area contributed by atoms with Crippen LogP contribution < -0.4 is 0 Å². The van der Waals surface area contributed by atoms with Gasteiger partial charge in [-0.2, -0.15) is 0 Å². The summed E-state index contributed by atoms with van der Waals surface area (Å²) in [4.78, 5) is 17.8. The smallest absolute Gasteiger partial charge is 0.270 e. The summed E-state index contributed by atoms with van der Waals surface area (Å²) in [5.74, 6) is 0. The van der Waals surface area contributed by atoms with Crippen LogP contribution in [0.15, 0.2) is 29.4 Å². The molecule has 0 N–H and O–H groups in total. The van der Waals surface area contributed by atoms with E-state index in [1.54, 1.807) is 12.1 Å². The van der Waals surface area contributed by atoms with E-state index in [1.807, 2.05) is 0 Å². The van der Waals surface area contributed by atoms with Gasteiger partial charge in [0.15, 0.2) is 0 Å². The lowest BCUT2D eigenvalue weighted by Gasteiger charge is -2.25. The summed E-state index contributed by atoms with van der Waals surface area (Å²) in [6.45, 7) is 3.94. The van der Waals surface area contributed by atoms with Crippen LogP contribution in [0.1, 0.15) is 31.2 Å². The maximum atomic E-state index is 10.6. The Morgan fingerprint density at radius 1 is 1.33 bits per heavy atom. The topological polar surface area (TPSA) is 68.0 Å². The van der Waals surface area contributed by atoms with E-state index in [9.17, 15) is 10.1 Å². The molecule has 21 heavy (non-hydrogen) atoms. The number of likely N-dealkylation sites (tertiary alicyclic amines) is 1. The maximum Gasteiger partial charge on any atom is 0.270 e. The zero-order chi connectivity index (χ0) is 14.9. The van der Waals surface area contributed by atoms with Crippen molar-refractivity contribution in [3.8, 4) is 0 Å². The molecule has 0 amide bonds. The van der Waals surface area contributed by atoms with E-state index in [1.165, 1.54) is 44.5 Å². The van der Waals surface area contributed by atoms with E-state index >= 15 is 0 Å². The van der Waals surface area contributed by atoms with Gasteiger partial charge in [0.05, 0.1) is 4.92 Å². The Morgan fingerprint density at radius 2 is 2.14 bits per heavy atom. The van der Waals surface area contributed by atoms with Crippen molar-refractivity contribution in [2.24, 2.45) is 5.16 Å². The molecule has 1 saturated heterocycles. The Labute approximate surface area is 124 Å². The van der Waals surface area contributed by atoms with Crippen molar-refractivity contribution in [2.75, 3.05) is 26.2 Å². The molecule has 1 fully saturated rings. The summed E-state index contributed by atoms with van der Waals surface area (Å²) < 4.78 is 0. The molecule has 1 aromatic rings. The molecule has 0 unspecified atom stereocenters. The molecule has 1 aliphatic rings. The fourth-order valence-corrected chi connectivity index (χ4v) is 2.36. The first kappa shape index (κ1) is 15.4. The van der Waals surface area contributed by atoms with Crippen LogP contribution in [-0.2, 0) is 4.84 Å². The Balaban J connectivity index is 1.65. The number of hydrogen-bond acceptors (Lipinski definition) is 5. The molecular formula is C15H20N3O3. The molecule has 6 nitrogen and oxygen atoms in total. The van der Waals surface area contributed by atoms with Crippen LogP contribution in [0.25, 0.3) is 0 Å². The lowest BCUT2D eigenvalue weighted by atomic mass is 10.1. The number of rotatable bonds is 7. The molecule has 1 radical (unpaired) electrons. The summed E-state index contributed by atoms with van der Waals surface area (Å²) in [6, 6.07) is 6.16. The Kier molecular flexibility index (Phi) is 6.15. The monoisotopic (exact) mass is 290 g/mol. The van der Waals surface area contributed by atoms with Gasteiger partial charge in [-0.15, -0.1) is 0 Å². The van der Waals surface area contributed by atoms with Crippen molar-refractivity contribution in [3.05, 3.63) is 39.9 Å². The van der Waals surface area contributed by atoms with Crippen LogP contribution >= 0.6 is 0 Å². The fourth-order valence-electron chi connectivity index (χ4n) is 2.36. The molecule has 0 spiro atoms. The zero-order valence-corrected chi connectivity index (χ0v) is 12.0. The molecule has 1 aromatic carbocycles. The van der Waals surface area contributed by atoms with Crippen molar-refractivity contribution >= 4 is 11.9 Å². The molecular weight excluding hydrogens is 270 g/mol. The zero-order valence-electron chi connectivity index (χ0n) is 12.0. The van der Waals surface area contributed by atoms with Crippen molar-refractivity contribution < 1.29 is 9.76 Å². The molecule has 0 saturated carbocycles. The summed E-state index contributed by atoms with van der Waals surface area (Å²) in [5.41, 5.74) is 0.570. The SMILES string of the molecule is O=[N+]([O-])c1cccc([C]=NOCCCN2CCCCC2)c1. The molecule has 113 valence electrons. The second-order valence-electron chi connectivity index (χ2n) is 5.10. The van der Waals surface area contributed by atoms with Crippen molar-refractivity contribution in [2.45, 2.75) is 25.7 Å². The van der Waals surface area contributed by atoms with E-state index in [2.05, 4.69) is 16.3 Å². The molecule has 0 aromatic heterocycles. The number of hydrogen-bond donors (Lipinski definition) is 0. The highest BCUT2D eigenvalue weighted by Crippen LogP contribution is 2.11. The second kappa shape index (κ2) is 8.36. The van der Waals surface area contributed by atoms with Crippen LogP contribution in [0.5, 0.6) is 0 Å². The van der Waals surface area contributed by atoms with Gasteiger partial charge in [0.1, 0.15) is 12.8 Å². The van der Waals surface area contributed by atoms with Gasteiger partial charge >= 0.3 is 0 Å². The van der Waals surface area contributed by atoms with E-state index < -0.39 is 4.92 Å². The number of nitrogens with zero attached hydrogens (tertiary/aromatic N) is 3. The molecule has 1 heterocycles. The van der Waals surface area contributed by atoms with Gasteiger partial charge in [0.25, 0.3) is 5.69 Å². The van der Waals surface area contributed by atoms with E-state index in [0.717, 1.165) is 13.0 Å². The highest BCUT2D eigenvalue weighted by atomic mass is 16.6. The first-order valence-corrected chi connectivity index (χ1v) is 7.30. The van der Waals surface area contributed by atoms with Gasteiger partial charge in [-0.25, -0.2) is 0 Å². The predicted molar refractivity (Wildman–Crippen MR) is 80.5 cm³/mol. The largest absolute Gasteiger partial charge is 0.395 e. The minimum Gasteiger partial charge on any atom is -0.395 e. The van der Waals surface area contributed by atoms with Gasteiger partial charge in [-0.3, -0.25) is 10.1 Å². The maximum absolute atomic E-state index is 10.6. The standard InChI is InChI=1S/C15H20N3O3/c19-18(20)15-7-4-6-14(12-15)13-16-21-11-5-10-17-8-2-1-3-9-17/h4,6-7,12H,1-3,5,8-11H2. The average Bonchev–Trinajstić information content (AvgIpc) is 2.52. The number of nitro groups is 1. The highest BCUT2D eigenvalue weighted by Gasteiger charge is 2.08. The molecule has 1 aliphatic heterocycles. The third-order valence-electron chi connectivity index (χ3n) is 3.45. The highest BCUT2D eigenvalue weighted by molar-refractivity contribution is 5.80. The predicted octanol–water partition coefficient (Wildman–Crippen LogP) is 2.70. The number of benzene rings is 1. The average molecular weight is 290 g/mol. The van der Waals surface area contributed by atoms with E-state index in [4.69, 9.17) is 4.84 Å². The molecule has 0 atom stereocenters. The summed E-state index contributed by atoms with van der Waals surface area (Å²) in [7, 11) is 0. The Bertz CT molecular complexity index is 485. The van der Waals surface area contributed by atoms with Crippen LogP contribution in [0.2, 0.25) is 0 Å². The summed E-state index contributed by atoms with van der Waals surface area (Å²) >= 11 is 0. The van der Waals surface area contributed by atoms with Crippen LogP contribution in [0.3, 0.4) is 0 Å². The molecule has 0 aliphatic carbocycles. The van der Waals surface area contributed by atoms with Gasteiger partial charge in [0.2, 0.25) is 0 Å². The Hall–Kier alpha value is -1.95. The second-order valence-corrected chi connectivity index (χ2v) is 5.10. The van der Waals surface area contributed by atoms with E-state index in [-0.39, 0.29) is 5.69 Å². The number of nitro benzene ring substituents is 1. The first-order chi connectivity index (χ1) is 10.3. The molecule has 2 rings (SSSR count). The normalized spacial score (nSPS) is 16.2. The van der Waals surface area contributed by atoms with E-state index in [0.29, 0.717) is 12.2 Å². The fraction of sp³-hybridized carbons (Fsp3) is 0.533. The van der Waals surface area contributed by atoms with Crippen LogP contribution in [0.4, 0.5) is 5.69 Å². The van der Waals surface area contributed by atoms with Gasteiger partial charge in [-0.1, -0.05) is 23.7 Å². The first-order valence-electron chi connectivity index (χ1n) is 7.30. The lowest BCUT2D eigenvalue weighted by Crippen LogP contribution is -2.31. The third kappa shape index (κ3) is 5.51. The van der Waals surface area contributed by atoms with Gasteiger partial charge in [0, 0.05) is 24.2 Å². The lowest BCUT2D eigenvalue weighted by molar-refractivity contribution is -0.384. The third-order valence-corrected chi connectivity index (χ3v) is 3.45. The quantitative estimate of drug-likeness (QED) is 0.335. The molecule has 6 heteroatoms. The minimum atomic E-state index is -0.440. The van der Waals surface area contributed by atoms with Crippen molar-refractivity contribution in [1.82, 2.24) is 4.90 Å². The minimum absolute atomic E-state index is 0.0281. The molecule has 0 bridgehead atoms.